The normalized spacial score (nSPS) is 13.6. The summed E-state index contributed by atoms with van der Waals surface area (Å²) in [6.07, 6.45) is 2.89. The highest BCUT2D eigenvalue weighted by Crippen LogP contribution is 2.34. The number of benzene rings is 1. The fourth-order valence-corrected chi connectivity index (χ4v) is 3.45. The Morgan fingerprint density at radius 2 is 2.00 bits per heavy atom. The van der Waals surface area contributed by atoms with Gasteiger partial charge in [0.2, 0.25) is 0 Å². The van der Waals surface area contributed by atoms with Gasteiger partial charge >= 0.3 is 5.97 Å². The Morgan fingerprint density at radius 3 is 2.70 bits per heavy atom. The summed E-state index contributed by atoms with van der Waals surface area (Å²) in [6.45, 7) is 1.94. The van der Waals surface area contributed by atoms with E-state index in [0.717, 1.165) is 27.9 Å². The molecule has 2 aromatic heterocycles. The third kappa shape index (κ3) is 4.93. The van der Waals surface area contributed by atoms with Gasteiger partial charge in [0.15, 0.2) is 0 Å². The molecule has 0 radical (unpaired) electrons. The van der Waals surface area contributed by atoms with Gasteiger partial charge in [-0.15, -0.1) is 0 Å². The number of aliphatic hydroxyl groups is 2. The SMILES string of the molecule is CCOC(=O)CC(O)CC(O)/C=C/c1c(-c2ccc(F)cc2)c2cccnc2n1C. The molecule has 0 aliphatic heterocycles. The van der Waals surface area contributed by atoms with Crippen LogP contribution in [0.5, 0.6) is 0 Å². The van der Waals surface area contributed by atoms with Crippen LogP contribution in [0.3, 0.4) is 0 Å². The van der Waals surface area contributed by atoms with Gasteiger partial charge in [-0.1, -0.05) is 18.2 Å². The highest BCUT2D eigenvalue weighted by Gasteiger charge is 2.18. The predicted octanol–water partition coefficient (Wildman–Crippen LogP) is 3.46. The van der Waals surface area contributed by atoms with Gasteiger partial charge < -0.3 is 19.5 Å². The lowest BCUT2D eigenvalue weighted by molar-refractivity contribution is -0.145. The summed E-state index contributed by atoms with van der Waals surface area (Å²) in [5.41, 5.74) is 3.24. The lowest BCUT2D eigenvalue weighted by atomic mass is 10.0. The molecule has 2 atom stereocenters. The zero-order chi connectivity index (χ0) is 21.7. The first-order valence-corrected chi connectivity index (χ1v) is 9.80. The molecule has 3 rings (SSSR count). The zero-order valence-corrected chi connectivity index (χ0v) is 17.0. The second kappa shape index (κ2) is 9.65. The van der Waals surface area contributed by atoms with Crippen LogP contribution in [0.25, 0.3) is 28.2 Å². The van der Waals surface area contributed by atoms with Gasteiger partial charge in [0.05, 0.1) is 30.9 Å². The van der Waals surface area contributed by atoms with Crippen molar-refractivity contribution in [2.24, 2.45) is 7.05 Å². The van der Waals surface area contributed by atoms with Gasteiger partial charge in [-0.3, -0.25) is 4.79 Å². The number of carbonyl (C=O) groups excluding carboxylic acids is 1. The summed E-state index contributed by atoms with van der Waals surface area (Å²) in [4.78, 5) is 15.9. The van der Waals surface area contributed by atoms with E-state index in [1.54, 1.807) is 37.4 Å². The minimum Gasteiger partial charge on any atom is -0.466 e. The summed E-state index contributed by atoms with van der Waals surface area (Å²) >= 11 is 0. The maximum absolute atomic E-state index is 13.4. The molecule has 1 aromatic carbocycles. The Balaban J connectivity index is 1.88. The van der Waals surface area contributed by atoms with Crippen LogP contribution < -0.4 is 0 Å². The number of aliphatic hydroxyl groups excluding tert-OH is 2. The van der Waals surface area contributed by atoms with Crippen LogP contribution in [0.2, 0.25) is 0 Å². The molecule has 2 N–H and O–H groups in total. The Labute approximate surface area is 174 Å². The number of nitrogens with zero attached hydrogens (tertiary/aromatic N) is 2. The van der Waals surface area contributed by atoms with Crippen LogP contribution in [0.15, 0.2) is 48.7 Å². The van der Waals surface area contributed by atoms with Crippen LogP contribution in [-0.2, 0) is 16.6 Å². The molecule has 2 unspecified atom stereocenters. The molecule has 0 saturated carbocycles. The molecule has 2 heterocycles. The molecule has 0 spiro atoms. The van der Waals surface area contributed by atoms with Crippen molar-refractivity contribution in [1.82, 2.24) is 9.55 Å². The first-order valence-electron chi connectivity index (χ1n) is 9.80. The average Bonchev–Trinajstić information content (AvgIpc) is 2.99. The summed E-state index contributed by atoms with van der Waals surface area (Å²) < 4.78 is 20.1. The van der Waals surface area contributed by atoms with Crippen molar-refractivity contribution in [3.05, 3.63) is 60.2 Å². The second-order valence-electron chi connectivity index (χ2n) is 7.03. The zero-order valence-electron chi connectivity index (χ0n) is 17.0. The number of aromatic nitrogens is 2. The molecule has 0 amide bonds. The molecule has 3 aromatic rings. The summed E-state index contributed by atoms with van der Waals surface area (Å²) in [7, 11) is 1.87. The summed E-state index contributed by atoms with van der Waals surface area (Å²) in [5.74, 6) is -0.820. The van der Waals surface area contributed by atoms with E-state index in [4.69, 9.17) is 4.74 Å². The van der Waals surface area contributed by atoms with E-state index in [2.05, 4.69) is 4.98 Å². The lowest BCUT2D eigenvalue weighted by Crippen LogP contribution is -2.20. The molecular weight excluding hydrogens is 387 g/mol. The first-order chi connectivity index (χ1) is 14.4. The number of halogens is 1. The molecular formula is C23H25FN2O4. The lowest BCUT2D eigenvalue weighted by Gasteiger charge is -2.12. The third-order valence-electron chi connectivity index (χ3n) is 4.82. The molecule has 158 valence electrons. The average molecular weight is 412 g/mol. The van der Waals surface area contributed by atoms with E-state index >= 15 is 0 Å². The van der Waals surface area contributed by atoms with E-state index < -0.39 is 18.2 Å². The van der Waals surface area contributed by atoms with Gasteiger partial charge in [0.25, 0.3) is 0 Å². The number of pyridine rings is 1. The number of aryl methyl sites for hydroxylation is 1. The smallest absolute Gasteiger partial charge is 0.308 e. The molecule has 0 saturated heterocycles. The van der Waals surface area contributed by atoms with Gasteiger partial charge in [-0.05, 0) is 42.8 Å². The quantitative estimate of drug-likeness (QED) is 0.554. The monoisotopic (exact) mass is 412 g/mol. The molecule has 6 nitrogen and oxygen atoms in total. The van der Waals surface area contributed by atoms with Crippen molar-refractivity contribution in [3.63, 3.8) is 0 Å². The van der Waals surface area contributed by atoms with E-state index in [9.17, 15) is 19.4 Å². The number of rotatable bonds is 8. The molecule has 0 aliphatic rings. The summed E-state index contributed by atoms with van der Waals surface area (Å²) in [6, 6.07) is 9.99. The fraction of sp³-hybridized carbons (Fsp3) is 0.304. The Hall–Kier alpha value is -3.03. The maximum atomic E-state index is 13.4. The van der Waals surface area contributed by atoms with Crippen LogP contribution in [-0.4, -0.2) is 44.5 Å². The maximum Gasteiger partial charge on any atom is 0.308 e. The first kappa shape index (κ1) is 21.7. The van der Waals surface area contributed by atoms with Gasteiger partial charge in [0.1, 0.15) is 11.5 Å². The Morgan fingerprint density at radius 1 is 1.27 bits per heavy atom. The molecule has 0 fully saturated rings. The van der Waals surface area contributed by atoms with E-state index in [1.165, 1.54) is 12.1 Å². The number of carbonyl (C=O) groups is 1. The van der Waals surface area contributed by atoms with E-state index in [0.29, 0.717) is 0 Å². The van der Waals surface area contributed by atoms with Gasteiger partial charge in [0, 0.05) is 30.6 Å². The van der Waals surface area contributed by atoms with Crippen LogP contribution in [0.1, 0.15) is 25.5 Å². The number of esters is 1. The van der Waals surface area contributed by atoms with E-state index in [1.807, 2.05) is 23.7 Å². The largest absolute Gasteiger partial charge is 0.466 e. The number of hydrogen-bond donors (Lipinski definition) is 2. The highest BCUT2D eigenvalue weighted by molar-refractivity contribution is 5.99. The van der Waals surface area contributed by atoms with Gasteiger partial charge in [-0.25, -0.2) is 9.37 Å². The fourth-order valence-electron chi connectivity index (χ4n) is 3.45. The minimum atomic E-state index is -1.01. The standard InChI is InChI=1S/C23H25FN2O4/c1-3-30-21(29)14-18(28)13-17(27)10-11-20-22(15-6-8-16(24)9-7-15)19-5-4-12-25-23(19)26(20)2/h4-12,17-18,27-28H,3,13-14H2,1-2H3/b11-10+. The van der Waals surface area contributed by atoms with Crippen molar-refractivity contribution in [2.45, 2.75) is 32.0 Å². The minimum absolute atomic E-state index is 0.00336. The molecule has 0 bridgehead atoms. The Bertz CT molecular complexity index is 1040. The number of ether oxygens (including phenoxy) is 1. The molecule has 30 heavy (non-hydrogen) atoms. The van der Waals surface area contributed by atoms with Crippen LogP contribution in [0.4, 0.5) is 4.39 Å². The molecule has 7 heteroatoms. The van der Waals surface area contributed by atoms with Crippen molar-refractivity contribution >= 4 is 23.1 Å². The Kier molecular flexibility index (Phi) is 6.97. The van der Waals surface area contributed by atoms with Crippen molar-refractivity contribution in [2.75, 3.05) is 6.61 Å². The van der Waals surface area contributed by atoms with Crippen molar-refractivity contribution in [1.29, 1.82) is 0 Å². The van der Waals surface area contributed by atoms with E-state index in [-0.39, 0.29) is 25.3 Å². The topological polar surface area (TPSA) is 84.6 Å². The third-order valence-corrected chi connectivity index (χ3v) is 4.82. The predicted molar refractivity (Wildman–Crippen MR) is 113 cm³/mol. The highest BCUT2D eigenvalue weighted by atomic mass is 19.1. The van der Waals surface area contributed by atoms with Crippen LogP contribution in [0, 0.1) is 5.82 Å². The van der Waals surface area contributed by atoms with Crippen molar-refractivity contribution in [3.8, 4) is 11.1 Å². The molecule has 0 aliphatic carbocycles. The van der Waals surface area contributed by atoms with Crippen LogP contribution >= 0.6 is 0 Å². The number of hydrogen-bond acceptors (Lipinski definition) is 5. The second-order valence-corrected chi connectivity index (χ2v) is 7.03. The van der Waals surface area contributed by atoms with Crippen molar-refractivity contribution < 1.29 is 24.1 Å². The van der Waals surface area contributed by atoms with Gasteiger partial charge in [-0.2, -0.15) is 0 Å². The summed E-state index contributed by atoms with van der Waals surface area (Å²) in [5, 5.41) is 21.2. The number of fused-ring (bicyclic) bond motifs is 1.